The Morgan fingerprint density at radius 2 is 1.88 bits per heavy atom. The van der Waals surface area contributed by atoms with E-state index in [-0.39, 0.29) is 0 Å². The molecule has 1 aromatic rings. The van der Waals surface area contributed by atoms with Gasteiger partial charge in [0.2, 0.25) is 0 Å². The van der Waals surface area contributed by atoms with E-state index >= 15 is 0 Å². The Balaban J connectivity index is 1.89. The van der Waals surface area contributed by atoms with Crippen molar-refractivity contribution in [3.05, 3.63) is 35.9 Å². The van der Waals surface area contributed by atoms with Crippen LogP contribution >= 0.6 is 0 Å². The predicted octanol–water partition coefficient (Wildman–Crippen LogP) is 2.49. The van der Waals surface area contributed by atoms with Gasteiger partial charge in [0.25, 0.3) is 0 Å². The van der Waals surface area contributed by atoms with E-state index in [1.54, 1.807) is 0 Å². The van der Waals surface area contributed by atoms with Gasteiger partial charge in [0, 0.05) is 31.7 Å². The van der Waals surface area contributed by atoms with E-state index in [1.165, 1.54) is 5.56 Å². The second kappa shape index (κ2) is 5.65. The number of rotatable bonds is 5. The molecule has 94 valence electrons. The van der Waals surface area contributed by atoms with Gasteiger partial charge in [-0.15, -0.1) is 0 Å². The Kier molecular flexibility index (Phi) is 4.19. The van der Waals surface area contributed by atoms with E-state index in [0.29, 0.717) is 24.5 Å². The van der Waals surface area contributed by atoms with Gasteiger partial charge in [-0.05, 0) is 17.9 Å². The van der Waals surface area contributed by atoms with Crippen LogP contribution in [0.1, 0.15) is 31.7 Å². The summed E-state index contributed by atoms with van der Waals surface area (Å²) in [6, 6.07) is 11.3. The SMILES string of the molecule is CC(C)C(CCO)N1CC(c2ccccc2)C1. The maximum absolute atomic E-state index is 9.11. The highest BCUT2D eigenvalue weighted by molar-refractivity contribution is 5.22. The molecular weight excluding hydrogens is 210 g/mol. The summed E-state index contributed by atoms with van der Waals surface area (Å²) in [4.78, 5) is 2.51. The molecule has 1 heterocycles. The summed E-state index contributed by atoms with van der Waals surface area (Å²) in [6.07, 6.45) is 0.902. The van der Waals surface area contributed by atoms with Gasteiger partial charge in [0.1, 0.15) is 0 Å². The highest BCUT2D eigenvalue weighted by Crippen LogP contribution is 2.31. The molecule has 1 saturated heterocycles. The van der Waals surface area contributed by atoms with Gasteiger partial charge in [-0.3, -0.25) is 4.90 Å². The third kappa shape index (κ3) is 2.88. The van der Waals surface area contributed by atoms with E-state index in [0.717, 1.165) is 19.5 Å². The molecule has 1 fully saturated rings. The lowest BCUT2D eigenvalue weighted by Crippen LogP contribution is -2.52. The maximum Gasteiger partial charge on any atom is 0.0446 e. The van der Waals surface area contributed by atoms with Crippen LogP contribution in [0.2, 0.25) is 0 Å². The molecule has 0 aliphatic carbocycles. The molecular formula is C15H23NO. The van der Waals surface area contributed by atoms with Crippen LogP contribution in [0, 0.1) is 5.92 Å². The molecule has 1 aromatic carbocycles. The van der Waals surface area contributed by atoms with Crippen LogP contribution in [0.3, 0.4) is 0 Å². The molecule has 0 saturated carbocycles. The van der Waals surface area contributed by atoms with E-state index in [9.17, 15) is 0 Å². The van der Waals surface area contributed by atoms with Crippen LogP contribution < -0.4 is 0 Å². The van der Waals surface area contributed by atoms with E-state index in [2.05, 4.69) is 49.1 Å². The van der Waals surface area contributed by atoms with Crippen molar-refractivity contribution in [3.8, 4) is 0 Å². The zero-order valence-electron chi connectivity index (χ0n) is 10.8. The number of benzene rings is 1. The Bertz CT molecular complexity index is 330. The summed E-state index contributed by atoms with van der Waals surface area (Å²) in [5.74, 6) is 1.31. The maximum atomic E-state index is 9.11. The Labute approximate surface area is 104 Å². The fraction of sp³-hybridized carbons (Fsp3) is 0.600. The summed E-state index contributed by atoms with van der Waals surface area (Å²) in [5.41, 5.74) is 1.45. The fourth-order valence-corrected chi connectivity index (χ4v) is 2.79. The summed E-state index contributed by atoms with van der Waals surface area (Å²) >= 11 is 0. The quantitative estimate of drug-likeness (QED) is 0.844. The fourth-order valence-electron chi connectivity index (χ4n) is 2.79. The van der Waals surface area contributed by atoms with Crippen molar-refractivity contribution in [2.45, 2.75) is 32.2 Å². The number of likely N-dealkylation sites (tertiary alicyclic amines) is 1. The zero-order chi connectivity index (χ0) is 12.3. The Hall–Kier alpha value is -0.860. The molecule has 1 atom stereocenters. The number of hydrogen-bond donors (Lipinski definition) is 1. The number of hydrogen-bond acceptors (Lipinski definition) is 2. The largest absolute Gasteiger partial charge is 0.396 e. The van der Waals surface area contributed by atoms with E-state index in [1.807, 2.05) is 0 Å². The van der Waals surface area contributed by atoms with Crippen LogP contribution in [-0.4, -0.2) is 35.7 Å². The van der Waals surface area contributed by atoms with Gasteiger partial charge in [0.05, 0.1) is 0 Å². The highest BCUT2D eigenvalue weighted by Gasteiger charge is 2.33. The van der Waals surface area contributed by atoms with Gasteiger partial charge < -0.3 is 5.11 Å². The first kappa shape index (κ1) is 12.6. The van der Waals surface area contributed by atoms with Gasteiger partial charge >= 0.3 is 0 Å². The lowest BCUT2D eigenvalue weighted by molar-refractivity contribution is 0.0493. The van der Waals surface area contributed by atoms with Crippen LogP contribution in [0.4, 0.5) is 0 Å². The molecule has 0 aromatic heterocycles. The van der Waals surface area contributed by atoms with Gasteiger partial charge in [0.15, 0.2) is 0 Å². The zero-order valence-corrected chi connectivity index (χ0v) is 10.8. The first-order valence-electron chi connectivity index (χ1n) is 6.62. The van der Waals surface area contributed by atoms with Crippen molar-refractivity contribution in [2.75, 3.05) is 19.7 Å². The Morgan fingerprint density at radius 3 is 2.41 bits per heavy atom. The molecule has 0 bridgehead atoms. The molecule has 17 heavy (non-hydrogen) atoms. The lowest BCUT2D eigenvalue weighted by atomic mass is 9.87. The minimum absolute atomic E-state index is 0.301. The molecule has 2 nitrogen and oxygen atoms in total. The minimum atomic E-state index is 0.301. The van der Waals surface area contributed by atoms with Gasteiger partial charge in [-0.25, -0.2) is 0 Å². The number of aliphatic hydroxyl groups excluding tert-OH is 1. The smallest absolute Gasteiger partial charge is 0.0446 e. The molecule has 0 radical (unpaired) electrons. The first-order valence-corrected chi connectivity index (χ1v) is 6.62. The third-order valence-electron chi connectivity index (χ3n) is 3.84. The molecule has 1 N–H and O–H groups in total. The molecule has 1 aliphatic heterocycles. The average molecular weight is 233 g/mol. The van der Waals surface area contributed by atoms with Gasteiger partial charge in [-0.1, -0.05) is 44.2 Å². The third-order valence-corrected chi connectivity index (χ3v) is 3.84. The molecule has 2 heteroatoms. The summed E-state index contributed by atoms with van der Waals surface area (Å²) in [7, 11) is 0. The van der Waals surface area contributed by atoms with Crippen molar-refractivity contribution in [3.63, 3.8) is 0 Å². The minimum Gasteiger partial charge on any atom is -0.396 e. The van der Waals surface area contributed by atoms with Crippen LogP contribution in [0.15, 0.2) is 30.3 Å². The standard InChI is InChI=1S/C15H23NO/c1-12(2)15(8-9-17)16-10-14(11-16)13-6-4-3-5-7-13/h3-7,12,14-15,17H,8-11H2,1-2H3. The molecule has 0 spiro atoms. The Morgan fingerprint density at radius 1 is 1.24 bits per heavy atom. The van der Waals surface area contributed by atoms with Crippen LogP contribution in [0.25, 0.3) is 0 Å². The van der Waals surface area contributed by atoms with E-state index in [4.69, 9.17) is 5.11 Å². The average Bonchev–Trinajstić information content (AvgIpc) is 2.27. The second-order valence-corrected chi connectivity index (χ2v) is 5.39. The van der Waals surface area contributed by atoms with Crippen molar-refractivity contribution >= 4 is 0 Å². The second-order valence-electron chi connectivity index (χ2n) is 5.39. The molecule has 1 unspecified atom stereocenters. The monoisotopic (exact) mass is 233 g/mol. The topological polar surface area (TPSA) is 23.5 Å². The van der Waals surface area contributed by atoms with Crippen molar-refractivity contribution < 1.29 is 5.11 Å². The highest BCUT2D eigenvalue weighted by atomic mass is 16.3. The molecule has 2 rings (SSSR count). The van der Waals surface area contributed by atoms with Crippen LogP contribution in [-0.2, 0) is 0 Å². The summed E-state index contributed by atoms with van der Waals surface area (Å²) in [5, 5.41) is 9.11. The predicted molar refractivity (Wildman–Crippen MR) is 71.1 cm³/mol. The number of aliphatic hydroxyl groups is 1. The van der Waals surface area contributed by atoms with E-state index < -0.39 is 0 Å². The van der Waals surface area contributed by atoms with Crippen molar-refractivity contribution in [2.24, 2.45) is 5.92 Å². The molecule has 0 amide bonds. The lowest BCUT2D eigenvalue weighted by Gasteiger charge is -2.46. The normalized spacial score (nSPS) is 19.3. The first-order chi connectivity index (χ1) is 8.22. The molecule has 1 aliphatic rings. The van der Waals surface area contributed by atoms with Crippen LogP contribution in [0.5, 0.6) is 0 Å². The van der Waals surface area contributed by atoms with Gasteiger partial charge in [-0.2, -0.15) is 0 Å². The number of nitrogens with zero attached hydrogens (tertiary/aromatic N) is 1. The summed E-state index contributed by atoms with van der Waals surface area (Å²) in [6.45, 7) is 7.08. The van der Waals surface area contributed by atoms with Crippen molar-refractivity contribution in [1.82, 2.24) is 4.90 Å². The summed E-state index contributed by atoms with van der Waals surface area (Å²) < 4.78 is 0. The van der Waals surface area contributed by atoms with Crippen molar-refractivity contribution in [1.29, 1.82) is 0 Å².